The van der Waals surface area contributed by atoms with Gasteiger partial charge in [-0.25, -0.2) is 4.79 Å². The van der Waals surface area contributed by atoms with Crippen LogP contribution in [-0.2, 0) is 11.8 Å². The fourth-order valence-corrected chi connectivity index (χ4v) is 2.82. The maximum absolute atomic E-state index is 12.4. The number of aromatic amines is 1. The van der Waals surface area contributed by atoms with Crippen LogP contribution in [0.5, 0.6) is 0 Å². The summed E-state index contributed by atoms with van der Waals surface area (Å²) in [6, 6.07) is 10.7. The number of H-pyrrole nitrogens is 1. The van der Waals surface area contributed by atoms with Gasteiger partial charge in [0, 0.05) is 18.3 Å². The molecular weight excluding hydrogens is 330 g/mol. The van der Waals surface area contributed by atoms with Crippen molar-refractivity contribution in [3.8, 4) is 17.3 Å². The van der Waals surface area contributed by atoms with Crippen LogP contribution in [0.25, 0.3) is 11.3 Å². The topological polar surface area (TPSA) is 96.6 Å². The number of rotatable bonds is 4. The number of nitriles is 1. The summed E-state index contributed by atoms with van der Waals surface area (Å²) in [7, 11) is 1.87. The van der Waals surface area contributed by atoms with Gasteiger partial charge in [-0.1, -0.05) is 12.1 Å². The van der Waals surface area contributed by atoms with Crippen LogP contribution in [0.15, 0.2) is 30.3 Å². The minimum Gasteiger partial charge on any atom is -0.453 e. The van der Waals surface area contributed by atoms with Gasteiger partial charge < -0.3 is 4.74 Å². The molecule has 0 saturated heterocycles. The minimum absolute atomic E-state index is 0.281. The second-order valence-electron chi connectivity index (χ2n) is 6.12. The van der Waals surface area contributed by atoms with Crippen LogP contribution in [0.3, 0.4) is 0 Å². The molecule has 0 spiro atoms. The maximum Gasteiger partial charge on any atom is 0.356 e. The normalized spacial score (nSPS) is 11.8. The van der Waals surface area contributed by atoms with Gasteiger partial charge >= 0.3 is 5.97 Å². The fourth-order valence-electron chi connectivity index (χ4n) is 2.82. The zero-order chi connectivity index (χ0) is 18.8. The van der Waals surface area contributed by atoms with Gasteiger partial charge in [-0.3, -0.25) is 9.78 Å². The van der Waals surface area contributed by atoms with Gasteiger partial charge in [-0.2, -0.15) is 15.5 Å². The summed E-state index contributed by atoms with van der Waals surface area (Å²) in [5, 5.41) is 20.2. The number of hydrogen-bond acceptors (Lipinski definition) is 5. The average Bonchev–Trinajstić information content (AvgIpc) is 3.20. The quantitative estimate of drug-likeness (QED) is 0.730. The molecule has 2 heterocycles. The Labute approximate surface area is 151 Å². The maximum atomic E-state index is 12.4. The van der Waals surface area contributed by atoms with Gasteiger partial charge in [-0.05, 0) is 44.5 Å². The van der Waals surface area contributed by atoms with Gasteiger partial charge in [0.2, 0.25) is 0 Å². The summed E-state index contributed by atoms with van der Waals surface area (Å²) >= 11 is 0. The van der Waals surface area contributed by atoms with Crippen molar-refractivity contribution in [3.05, 3.63) is 58.5 Å². The molecule has 26 heavy (non-hydrogen) atoms. The lowest BCUT2D eigenvalue weighted by Gasteiger charge is -2.12. The van der Waals surface area contributed by atoms with Crippen molar-refractivity contribution in [2.24, 2.45) is 7.05 Å². The van der Waals surface area contributed by atoms with E-state index in [1.165, 1.54) is 0 Å². The molecule has 0 bridgehead atoms. The Balaban J connectivity index is 1.76. The van der Waals surface area contributed by atoms with Crippen molar-refractivity contribution in [1.82, 2.24) is 20.0 Å². The molecule has 1 atom stereocenters. The molecule has 2 aromatic heterocycles. The second-order valence-corrected chi connectivity index (χ2v) is 6.12. The van der Waals surface area contributed by atoms with Gasteiger partial charge in [0.1, 0.15) is 11.8 Å². The molecule has 3 rings (SSSR count). The third kappa shape index (κ3) is 3.22. The Morgan fingerprint density at radius 2 is 2.00 bits per heavy atom. The molecule has 3 aromatic rings. The highest BCUT2D eigenvalue weighted by Gasteiger charge is 2.19. The van der Waals surface area contributed by atoms with E-state index in [0.717, 1.165) is 22.5 Å². The molecular formula is C19H19N5O2. The van der Waals surface area contributed by atoms with Crippen molar-refractivity contribution in [3.63, 3.8) is 0 Å². The molecule has 7 heteroatoms. The monoisotopic (exact) mass is 349 g/mol. The first-order valence-corrected chi connectivity index (χ1v) is 8.17. The molecule has 0 amide bonds. The number of benzene rings is 1. The number of carbonyl (C=O) groups is 1. The molecule has 0 aliphatic carbocycles. The fraction of sp³-hybridized carbons (Fsp3) is 0.263. The van der Waals surface area contributed by atoms with E-state index in [9.17, 15) is 4.79 Å². The summed E-state index contributed by atoms with van der Waals surface area (Å²) in [5.74, 6) is -0.486. The highest BCUT2D eigenvalue weighted by Crippen LogP contribution is 2.26. The lowest BCUT2D eigenvalue weighted by atomic mass is 10.1. The first-order chi connectivity index (χ1) is 12.4. The molecule has 0 fully saturated rings. The minimum atomic E-state index is -0.486. The first kappa shape index (κ1) is 17.4. The first-order valence-electron chi connectivity index (χ1n) is 8.17. The number of esters is 1. The van der Waals surface area contributed by atoms with Crippen molar-refractivity contribution < 1.29 is 9.53 Å². The van der Waals surface area contributed by atoms with Crippen LogP contribution in [0, 0.1) is 25.2 Å². The molecule has 0 aliphatic rings. The lowest BCUT2D eigenvalue weighted by molar-refractivity contribution is 0.0331. The Bertz CT molecular complexity index is 992. The smallest absolute Gasteiger partial charge is 0.356 e. The van der Waals surface area contributed by atoms with E-state index in [4.69, 9.17) is 10.00 Å². The summed E-state index contributed by atoms with van der Waals surface area (Å²) in [4.78, 5) is 12.4. The van der Waals surface area contributed by atoms with Crippen LogP contribution < -0.4 is 0 Å². The number of carbonyl (C=O) groups excluding carboxylic acids is 1. The summed E-state index contributed by atoms with van der Waals surface area (Å²) in [5.41, 5.74) is 5.04. The third-order valence-corrected chi connectivity index (χ3v) is 4.36. The van der Waals surface area contributed by atoms with E-state index in [-0.39, 0.29) is 5.69 Å². The van der Waals surface area contributed by atoms with E-state index in [0.29, 0.717) is 11.3 Å². The largest absolute Gasteiger partial charge is 0.453 e. The highest BCUT2D eigenvalue weighted by molar-refractivity contribution is 5.89. The Morgan fingerprint density at radius 1 is 1.31 bits per heavy atom. The summed E-state index contributed by atoms with van der Waals surface area (Å²) < 4.78 is 7.28. The second kappa shape index (κ2) is 6.84. The van der Waals surface area contributed by atoms with Crippen molar-refractivity contribution in [1.29, 1.82) is 5.26 Å². The van der Waals surface area contributed by atoms with Crippen LogP contribution >= 0.6 is 0 Å². The summed E-state index contributed by atoms with van der Waals surface area (Å²) in [6.07, 6.45) is -0.441. The van der Waals surface area contributed by atoms with E-state index in [1.54, 1.807) is 41.9 Å². The van der Waals surface area contributed by atoms with Crippen molar-refractivity contribution in [2.75, 3.05) is 0 Å². The van der Waals surface area contributed by atoms with Gasteiger partial charge in [0.25, 0.3) is 0 Å². The average molecular weight is 349 g/mol. The SMILES string of the molecule is Cc1nn(C)c(C)c1-c1cc(C(=O)OC(C)c2ccc(C#N)cc2)[nH]n1. The molecule has 7 nitrogen and oxygen atoms in total. The van der Waals surface area contributed by atoms with E-state index < -0.39 is 12.1 Å². The van der Waals surface area contributed by atoms with E-state index >= 15 is 0 Å². The zero-order valence-corrected chi connectivity index (χ0v) is 15.1. The number of ether oxygens (including phenoxy) is 1. The molecule has 0 saturated carbocycles. The van der Waals surface area contributed by atoms with Crippen LogP contribution in [-0.4, -0.2) is 25.9 Å². The molecule has 0 aliphatic heterocycles. The number of hydrogen-bond donors (Lipinski definition) is 1. The van der Waals surface area contributed by atoms with Crippen LogP contribution in [0.2, 0.25) is 0 Å². The number of nitrogens with zero attached hydrogens (tertiary/aromatic N) is 4. The third-order valence-electron chi connectivity index (χ3n) is 4.36. The lowest BCUT2D eigenvalue weighted by Crippen LogP contribution is -2.09. The standard InChI is InChI=1S/C19H19N5O2/c1-11-18(12(2)24(4)23-11)16-9-17(22-21-16)19(25)26-13(3)15-7-5-14(10-20)6-8-15/h5-9,13H,1-4H3,(H,21,22). The Hall–Kier alpha value is -3.40. The van der Waals surface area contributed by atoms with Crippen molar-refractivity contribution in [2.45, 2.75) is 26.9 Å². The number of aromatic nitrogens is 4. The van der Waals surface area contributed by atoms with Crippen LogP contribution in [0.4, 0.5) is 0 Å². The summed E-state index contributed by atoms with van der Waals surface area (Å²) in [6.45, 7) is 5.64. The molecule has 132 valence electrons. The van der Waals surface area contributed by atoms with E-state index in [2.05, 4.69) is 21.4 Å². The van der Waals surface area contributed by atoms with Gasteiger partial charge in [-0.15, -0.1) is 0 Å². The number of nitrogens with one attached hydrogen (secondary N) is 1. The van der Waals surface area contributed by atoms with Gasteiger partial charge in [0.15, 0.2) is 0 Å². The molecule has 0 radical (unpaired) electrons. The van der Waals surface area contributed by atoms with E-state index in [1.807, 2.05) is 20.9 Å². The van der Waals surface area contributed by atoms with Crippen LogP contribution in [0.1, 0.15) is 46.0 Å². The van der Waals surface area contributed by atoms with Crippen molar-refractivity contribution >= 4 is 5.97 Å². The zero-order valence-electron chi connectivity index (χ0n) is 15.1. The predicted octanol–water partition coefficient (Wildman–Crippen LogP) is 3.22. The molecule has 1 unspecified atom stereocenters. The highest BCUT2D eigenvalue weighted by atomic mass is 16.5. The Kier molecular flexibility index (Phi) is 4.59. The molecule has 1 aromatic carbocycles. The predicted molar refractivity (Wildman–Crippen MR) is 95.3 cm³/mol. The Morgan fingerprint density at radius 3 is 2.58 bits per heavy atom. The molecule has 1 N–H and O–H groups in total. The van der Waals surface area contributed by atoms with Gasteiger partial charge in [0.05, 0.1) is 23.0 Å². The number of aryl methyl sites for hydroxylation is 2.